The van der Waals surface area contributed by atoms with Crippen molar-refractivity contribution < 1.29 is 0 Å². The molecule has 0 aromatic rings. The molecule has 0 aliphatic rings. The molecule has 0 saturated heterocycles. The summed E-state index contributed by atoms with van der Waals surface area (Å²) >= 11 is 0. The Morgan fingerprint density at radius 2 is 1.88 bits per heavy atom. The maximum atomic E-state index is 4.01. The number of unbranched alkanes of at least 4 members (excludes halogenated alkanes) is 1. The van der Waals surface area contributed by atoms with Crippen LogP contribution >= 0.6 is 0 Å². The van der Waals surface area contributed by atoms with Gasteiger partial charge in [-0.15, -0.1) is 0 Å². The fraction of sp³-hybridized carbons (Fsp3) is 0.875. The summed E-state index contributed by atoms with van der Waals surface area (Å²) < 4.78 is 0. The highest BCUT2D eigenvalue weighted by atomic mass is 14.1. The Bertz CT molecular complexity index is 47.5. The highest BCUT2D eigenvalue weighted by molar-refractivity contribution is 4.69. The summed E-state index contributed by atoms with van der Waals surface area (Å²) in [6, 6.07) is 0. The van der Waals surface area contributed by atoms with E-state index in [1.54, 1.807) is 0 Å². The Hall–Kier alpha value is 0. The zero-order chi connectivity index (χ0) is 6.62. The fourth-order valence-electron chi connectivity index (χ4n) is 0.655. The molecule has 0 aromatic heterocycles. The second-order valence-corrected chi connectivity index (χ2v) is 3.27. The molecule has 0 spiro atoms. The van der Waals surface area contributed by atoms with Gasteiger partial charge in [0.15, 0.2) is 0 Å². The van der Waals surface area contributed by atoms with E-state index in [9.17, 15) is 0 Å². The zero-order valence-electron chi connectivity index (χ0n) is 6.33. The molecule has 0 nitrogen and oxygen atoms in total. The molecule has 0 heterocycles. The number of hydrogen-bond acceptors (Lipinski definition) is 0. The lowest BCUT2D eigenvalue weighted by Gasteiger charge is -2.16. The largest absolute Gasteiger partial charge is 0.0654 e. The minimum absolute atomic E-state index is 0.302. The molecule has 0 atom stereocenters. The predicted molar refractivity (Wildman–Crippen MR) is 38.7 cm³/mol. The SMILES string of the molecule is [CH2]C(C)(C)CCCC. The molecule has 0 heteroatoms. The summed E-state index contributed by atoms with van der Waals surface area (Å²) in [7, 11) is 0. The number of hydrogen-bond donors (Lipinski definition) is 0. The van der Waals surface area contributed by atoms with Crippen molar-refractivity contribution in [2.24, 2.45) is 5.41 Å². The molecule has 0 aromatic carbocycles. The third kappa shape index (κ3) is 6.00. The van der Waals surface area contributed by atoms with Crippen LogP contribution in [-0.2, 0) is 0 Å². The number of rotatable bonds is 3. The fourth-order valence-corrected chi connectivity index (χ4v) is 0.655. The molecular formula is C8H17. The first kappa shape index (κ1) is 8.00. The summed E-state index contributed by atoms with van der Waals surface area (Å²) in [5.74, 6) is 0. The topological polar surface area (TPSA) is 0 Å². The van der Waals surface area contributed by atoms with Gasteiger partial charge in [-0.2, -0.15) is 0 Å². The van der Waals surface area contributed by atoms with Crippen molar-refractivity contribution >= 4 is 0 Å². The van der Waals surface area contributed by atoms with Crippen LogP contribution in [0.5, 0.6) is 0 Å². The zero-order valence-corrected chi connectivity index (χ0v) is 6.33. The van der Waals surface area contributed by atoms with E-state index in [0.717, 1.165) is 0 Å². The smallest absolute Gasteiger partial charge is 0.0354 e. The van der Waals surface area contributed by atoms with Gasteiger partial charge in [-0.05, 0) is 18.8 Å². The maximum Gasteiger partial charge on any atom is -0.0354 e. The Morgan fingerprint density at radius 1 is 1.38 bits per heavy atom. The first-order chi connectivity index (χ1) is 3.56. The third-order valence-corrected chi connectivity index (χ3v) is 1.21. The van der Waals surface area contributed by atoms with Crippen LogP contribution in [0.15, 0.2) is 0 Å². The second-order valence-electron chi connectivity index (χ2n) is 3.27. The Labute approximate surface area is 53.3 Å². The molecular weight excluding hydrogens is 96.1 g/mol. The van der Waals surface area contributed by atoms with E-state index >= 15 is 0 Å². The van der Waals surface area contributed by atoms with Crippen molar-refractivity contribution in [2.45, 2.75) is 40.0 Å². The summed E-state index contributed by atoms with van der Waals surface area (Å²) in [6.07, 6.45) is 3.86. The Morgan fingerprint density at radius 3 is 2.00 bits per heavy atom. The van der Waals surface area contributed by atoms with Crippen molar-refractivity contribution in [1.29, 1.82) is 0 Å². The molecule has 1 radical (unpaired) electrons. The minimum atomic E-state index is 0.302. The summed E-state index contributed by atoms with van der Waals surface area (Å²) in [4.78, 5) is 0. The van der Waals surface area contributed by atoms with Crippen LogP contribution in [0.25, 0.3) is 0 Å². The van der Waals surface area contributed by atoms with Gasteiger partial charge in [-0.3, -0.25) is 0 Å². The van der Waals surface area contributed by atoms with Crippen molar-refractivity contribution in [1.82, 2.24) is 0 Å². The van der Waals surface area contributed by atoms with Crippen molar-refractivity contribution in [3.05, 3.63) is 6.92 Å². The van der Waals surface area contributed by atoms with Crippen LogP contribution in [-0.4, -0.2) is 0 Å². The average molecular weight is 113 g/mol. The highest BCUT2D eigenvalue weighted by Crippen LogP contribution is 2.20. The van der Waals surface area contributed by atoms with E-state index in [4.69, 9.17) is 0 Å². The Balaban J connectivity index is 3.11. The minimum Gasteiger partial charge on any atom is -0.0654 e. The second kappa shape index (κ2) is 3.11. The van der Waals surface area contributed by atoms with Crippen LogP contribution < -0.4 is 0 Å². The Kier molecular flexibility index (Phi) is 3.11. The van der Waals surface area contributed by atoms with Crippen LogP contribution in [0.3, 0.4) is 0 Å². The van der Waals surface area contributed by atoms with Crippen molar-refractivity contribution in [3.63, 3.8) is 0 Å². The van der Waals surface area contributed by atoms with Crippen molar-refractivity contribution in [3.8, 4) is 0 Å². The summed E-state index contributed by atoms with van der Waals surface area (Å²) in [5.41, 5.74) is 0.302. The predicted octanol–water partition coefficient (Wildman–Crippen LogP) is 3.04. The van der Waals surface area contributed by atoms with Gasteiger partial charge < -0.3 is 0 Å². The van der Waals surface area contributed by atoms with E-state index in [0.29, 0.717) is 5.41 Å². The van der Waals surface area contributed by atoms with Gasteiger partial charge in [0.05, 0.1) is 0 Å². The van der Waals surface area contributed by atoms with Gasteiger partial charge in [0.25, 0.3) is 0 Å². The van der Waals surface area contributed by atoms with Gasteiger partial charge in [0, 0.05) is 0 Å². The summed E-state index contributed by atoms with van der Waals surface area (Å²) in [6.45, 7) is 10.6. The molecule has 0 unspecified atom stereocenters. The lowest BCUT2D eigenvalue weighted by atomic mass is 9.90. The average Bonchev–Trinajstić information content (AvgIpc) is 1.59. The molecule has 0 fully saturated rings. The lowest BCUT2D eigenvalue weighted by molar-refractivity contribution is 0.414. The first-order valence-corrected chi connectivity index (χ1v) is 3.41. The molecule has 8 heavy (non-hydrogen) atoms. The van der Waals surface area contributed by atoms with E-state index < -0.39 is 0 Å². The van der Waals surface area contributed by atoms with Crippen LogP contribution in [0.4, 0.5) is 0 Å². The van der Waals surface area contributed by atoms with Gasteiger partial charge in [0.2, 0.25) is 0 Å². The van der Waals surface area contributed by atoms with Crippen LogP contribution in [0.2, 0.25) is 0 Å². The van der Waals surface area contributed by atoms with Crippen LogP contribution in [0, 0.1) is 12.3 Å². The van der Waals surface area contributed by atoms with E-state index in [2.05, 4.69) is 27.7 Å². The molecule has 49 valence electrons. The summed E-state index contributed by atoms with van der Waals surface area (Å²) in [5, 5.41) is 0. The third-order valence-electron chi connectivity index (χ3n) is 1.21. The van der Waals surface area contributed by atoms with Gasteiger partial charge in [-0.1, -0.05) is 33.6 Å². The molecule has 0 aliphatic heterocycles. The molecule has 0 bridgehead atoms. The van der Waals surface area contributed by atoms with E-state index in [1.807, 2.05) is 0 Å². The molecule has 0 N–H and O–H groups in total. The standard InChI is InChI=1S/C8H17/c1-5-6-7-8(2,3)4/h2,5-7H2,1,3-4H3. The first-order valence-electron chi connectivity index (χ1n) is 3.41. The van der Waals surface area contributed by atoms with Gasteiger partial charge in [0.1, 0.15) is 0 Å². The van der Waals surface area contributed by atoms with Gasteiger partial charge in [-0.25, -0.2) is 0 Å². The highest BCUT2D eigenvalue weighted by Gasteiger charge is 2.07. The normalized spacial score (nSPS) is 12.0. The van der Waals surface area contributed by atoms with Crippen LogP contribution in [0.1, 0.15) is 40.0 Å². The molecule has 0 saturated carbocycles. The quantitative estimate of drug-likeness (QED) is 0.527. The van der Waals surface area contributed by atoms with Crippen molar-refractivity contribution in [2.75, 3.05) is 0 Å². The monoisotopic (exact) mass is 113 g/mol. The van der Waals surface area contributed by atoms with Gasteiger partial charge >= 0.3 is 0 Å². The molecule has 0 aliphatic carbocycles. The van der Waals surface area contributed by atoms with E-state index in [1.165, 1.54) is 19.3 Å². The van der Waals surface area contributed by atoms with E-state index in [-0.39, 0.29) is 0 Å². The molecule has 0 amide bonds. The molecule has 0 rings (SSSR count). The lowest BCUT2D eigenvalue weighted by Crippen LogP contribution is -2.03. The maximum absolute atomic E-state index is 4.01.